The molecular formula is C11H10N4O5S. The van der Waals surface area contributed by atoms with Crippen LogP contribution in [0.15, 0.2) is 44.8 Å². The van der Waals surface area contributed by atoms with Crippen LogP contribution in [-0.4, -0.2) is 24.3 Å². The van der Waals surface area contributed by atoms with Gasteiger partial charge in [-0.3, -0.25) is 14.6 Å². The van der Waals surface area contributed by atoms with Gasteiger partial charge in [0.1, 0.15) is 5.69 Å². The summed E-state index contributed by atoms with van der Waals surface area (Å²) >= 11 is 0. The molecule has 0 saturated heterocycles. The average molecular weight is 310 g/mol. The van der Waals surface area contributed by atoms with E-state index in [2.05, 4.69) is 10.3 Å². The number of amides is 1. The molecule has 10 heteroatoms. The molecule has 0 radical (unpaired) electrons. The number of hydrogen-bond acceptors (Lipinski definition) is 5. The quantitative estimate of drug-likeness (QED) is 0.570. The maximum atomic E-state index is 11.9. The van der Waals surface area contributed by atoms with Gasteiger partial charge in [-0.2, -0.15) is 0 Å². The third-order valence-corrected chi connectivity index (χ3v) is 3.34. The number of benzene rings is 1. The Kier molecular flexibility index (Phi) is 3.74. The van der Waals surface area contributed by atoms with Crippen molar-refractivity contribution in [2.75, 3.05) is 5.32 Å². The summed E-state index contributed by atoms with van der Waals surface area (Å²) in [7, 11) is -3.90. The highest BCUT2D eigenvalue weighted by molar-refractivity contribution is 7.89. The molecule has 1 heterocycles. The number of nitrogens with two attached hydrogens (primary N) is 1. The Balaban J connectivity index is 2.32. The zero-order chi connectivity index (χ0) is 15.6. The smallest absolute Gasteiger partial charge is 0.321 e. The first-order valence-electron chi connectivity index (χ1n) is 5.53. The number of nitrogens with one attached hydrogen (secondary N) is 3. The highest BCUT2D eigenvalue weighted by atomic mass is 32.2. The molecule has 1 amide bonds. The van der Waals surface area contributed by atoms with Crippen LogP contribution in [-0.2, 0) is 10.0 Å². The first kappa shape index (κ1) is 14.7. The van der Waals surface area contributed by atoms with Crippen molar-refractivity contribution < 1.29 is 13.2 Å². The standard InChI is InChI=1S/C11H10N4O5S/c12-21(19,20)7-3-1-2-6(4-7)13-10(17)8-5-9(16)15-11(18)14-8/h1-5H,(H,13,17)(H2,12,19,20)(H2,14,15,16,18). The minimum Gasteiger partial charge on any atom is -0.321 e. The Morgan fingerprint density at radius 2 is 1.86 bits per heavy atom. The second kappa shape index (κ2) is 5.34. The summed E-state index contributed by atoms with van der Waals surface area (Å²) in [5, 5.41) is 7.32. The molecule has 21 heavy (non-hydrogen) atoms. The molecule has 0 bridgehead atoms. The van der Waals surface area contributed by atoms with Crippen LogP contribution in [0.3, 0.4) is 0 Å². The van der Waals surface area contributed by atoms with Crippen LogP contribution in [0.1, 0.15) is 10.5 Å². The van der Waals surface area contributed by atoms with Crippen LogP contribution in [0.5, 0.6) is 0 Å². The topological polar surface area (TPSA) is 155 Å². The lowest BCUT2D eigenvalue weighted by Crippen LogP contribution is -2.27. The van der Waals surface area contributed by atoms with Crippen LogP contribution < -0.4 is 21.7 Å². The third-order valence-electron chi connectivity index (χ3n) is 2.43. The summed E-state index contributed by atoms with van der Waals surface area (Å²) in [6, 6.07) is 6.13. The fourth-order valence-corrected chi connectivity index (χ4v) is 2.10. The monoisotopic (exact) mass is 310 g/mol. The maximum Gasteiger partial charge on any atom is 0.326 e. The maximum absolute atomic E-state index is 11.9. The molecule has 5 N–H and O–H groups in total. The van der Waals surface area contributed by atoms with Crippen molar-refractivity contribution in [2.24, 2.45) is 5.14 Å². The van der Waals surface area contributed by atoms with Gasteiger partial charge in [0.15, 0.2) is 0 Å². The second-order valence-corrected chi connectivity index (χ2v) is 5.59. The first-order valence-corrected chi connectivity index (χ1v) is 7.08. The van der Waals surface area contributed by atoms with Gasteiger partial charge in [0.25, 0.3) is 11.5 Å². The van der Waals surface area contributed by atoms with E-state index in [0.717, 1.165) is 12.1 Å². The van der Waals surface area contributed by atoms with Gasteiger partial charge >= 0.3 is 5.69 Å². The van der Waals surface area contributed by atoms with E-state index in [1.807, 2.05) is 4.98 Å². The van der Waals surface area contributed by atoms with Crippen molar-refractivity contribution in [1.29, 1.82) is 0 Å². The zero-order valence-electron chi connectivity index (χ0n) is 10.4. The number of aromatic amines is 2. The van der Waals surface area contributed by atoms with Gasteiger partial charge in [-0.25, -0.2) is 18.4 Å². The number of H-pyrrole nitrogens is 2. The molecule has 0 atom stereocenters. The molecule has 2 aromatic rings. The van der Waals surface area contributed by atoms with E-state index in [9.17, 15) is 22.8 Å². The fraction of sp³-hybridized carbons (Fsp3) is 0. The number of rotatable bonds is 3. The number of aromatic nitrogens is 2. The first-order chi connectivity index (χ1) is 9.75. The van der Waals surface area contributed by atoms with Crippen LogP contribution >= 0.6 is 0 Å². The Bertz CT molecular complexity index is 884. The van der Waals surface area contributed by atoms with Crippen LogP contribution in [0.25, 0.3) is 0 Å². The van der Waals surface area contributed by atoms with E-state index >= 15 is 0 Å². The van der Waals surface area contributed by atoms with E-state index in [1.165, 1.54) is 18.2 Å². The number of anilines is 1. The van der Waals surface area contributed by atoms with Gasteiger partial charge in [0, 0.05) is 11.8 Å². The lowest BCUT2D eigenvalue weighted by Gasteiger charge is -2.06. The summed E-state index contributed by atoms with van der Waals surface area (Å²) in [4.78, 5) is 37.9. The lowest BCUT2D eigenvalue weighted by atomic mass is 10.3. The Labute approximate surface area is 117 Å². The number of hydrogen-bond donors (Lipinski definition) is 4. The molecule has 2 rings (SSSR count). The number of sulfonamides is 1. The van der Waals surface area contributed by atoms with Gasteiger partial charge in [-0.1, -0.05) is 6.07 Å². The summed E-state index contributed by atoms with van der Waals surface area (Å²) in [6.45, 7) is 0. The van der Waals surface area contributed by atoms with E-state index in [4.69, 9.17) is 5.14 Å². The van der Waals surface area contributed by atoms with Gasteiger partial charge in [0.05, 0.1) is 4.90 Å². The van der Waals surface area contributed by atoms with Crippen molar-refractivity contribution in [1.82, 2.24) is 9.97 Å². The molecule has 0 fully saturated rings. The van der Waals surface area contributed by atoms with Crippen LogP contribution in [0.4, 0.5) is 5.69 Å². The molecule has 0 aliphatic carbocycles. The van der Waals surface area contributed by atoms with Crippen molar-refractivity contribution in [3.8, 4) is 0 Å². The molecule has 0 unspecified atom stereocenters. The number of primary sulfonamides is 1. The van der Waals surface area contributed by atoms with E-state index in [-0.39, 0.29) is 16.3 Å². The van der Waals surface area contributed by atoms with E-state index < -0.39 is 27.2 Å². The molecule has 0 aliphatic heterocycles. The number of carbonyl (C=O) groups is 1. The van der Waals surface area contributed by atoms with Gasteiger partial charge in [-0.15, -0.1) is 0 Å². The molecule has 0 saturated carbocycles. The summed E-state index contributed by atoms with van der Waals surface area (Å²) < 4.78 is 22.4. The number of carbonyl (C=O) groups excluding carboxylic acids is 1. The fourth-order valence-electron chi connectivity index (χ4n) is 1.54. The predicted octanol–water partition coefficient (Wildman–Crippen LogP) is -1.04. The van der Waals surface area contributed by atoms with Crippen LogP contribution in [0, 0.1) is 0 Å². The Hall–Kier alpha value is -2.72. The zero-order valence-corrected chi connectivity index (χ0v) is 11.2. The Morgan fingerprint density at radius 3 is 2.48 bits per heavy atom. The summed E-state index contributed by atoms with van der Waals surface area (Å²) in [6.07, 6.45) is 0. The van der Waals surface area contributed by atoms with Crippen LogP contribution in [0.2, 0.25) is 0 Å². The molecular weight excluding hydrogens is 300 g/mol. The van der Waals surface area contributed by atoms with E-state index in [1.54, 1.807) is 0 Å². The molecule has 110 valence electrons. The van der Waals surface area contributed by atoms with Gasteiger partial charge < -0.3 is 10.3 Å². The second-order valence-electron chi connectivity index (χ2n) is 4.03. The molecule has 9 nitrogen and oxygen atoms in total. The van der Waals surface area contributed by atoms with Crippen molar-refractivity contribution in [3.63, 3.8) is 0 Å². The minimum atomic E-state index is -3.90. The van der Waals surface area contributed by atoms with Gasteiger partial charge in [0.2, 0.25) is 10.0 Å². The predicted molar refractivity (Wildman–Crippen MR) is 73.5 cm³/mol. The van der Waals surface area contributed by atoms with E-state index in [0.29, 0.717) is 0 Å². The average Bonchev–Trinajstić information content (AvgIpc) is 2.37. The highest BCUT2D eigenvalue weighted by Crippen LogP contribution is 2.14. The van der Waals surface area contributed by atoms with Crippen molar-refractivity contribution in [2.45, 2.75) is 4.90 Å². The lowest BCUT2D eigenvalue weighted by molar-refractivity contribution is 0.102. The van der Waals surface area contributed by atoms with Crippen molar-refractivity contribution >= 4 is 21.6 Å². The van der Waals surface area contributed by atoms with Gasteiger partial charge in [-0.05, 0) is 18.2 Å². The third kappa shape index (κ3) is 3.64. The minimum absolute atomic E-state index is 0.146. The molecule has 0 spiro atoms. The summed E-state index contributed by atoms with van der Waals surface area (Å²) in [5.41, 5.74) is -1.68. The summed E-state index contributed by atoms with van der Waals surface area (Å²) in [5.74, 6) is -0.773. The SMILES string of the molecule is NS(=O)(=O)c1cccc(NC(=O)c2cc(=O)[nH]c(=O)[nH]2)c1. The largest absolute Gasteiger partial charge is 0.326 e. The normalized spacial score (nSPS) is 11.1. The highest BCUT2D eigenvalue weighted by Gasteiger charge is 2.11. The molecule has 1 aromatic carbocycles. The Morgan fingerprint density at radius 1 is 1.14 bits per heavy atom. The molecule has 1 aromatic heterocycles. The van der Waals surface area contributed by atoms with Crippen molar-refractivity contribution in [3.05, 3.63) is 56.9 Å². The molecule has 0 aliphatic rings.